The third-order valence-corrected chi connectivity index (χ3v) is 1.77. The van der Waals surface area contributed by atoms with E-state index in [2.05, 4.69) is 4.85 Å². The topological polar surface area (TPSA) is 22.8 Å². The Morgan fingerprint density at radius 3 is 2.36 bits per heavy atom. The molecule has 0 saturated heterocycles. The highest BCUT2D eigenvalue weighted by Gasteiger charge is 2.04. The van der Waals surface area contributed by atoms with Gasteiger partial charge in [-0.1, -0.05) is 0 Å². The summed E-state index contributed by atoms with van der Waals surface area (Å²) in [6.07, 6.45) is 0. The zero-order chi connectivity index (χ0) is 10.4. The Morgan fingerprint density at radius 1 is 1.29 bits per heavy atom. The molecular formula is C11H13NO2. The van der Waals surface area contributed by atoms with Crippen molar-refractivity contribution in [3.8, 4) is 11.5 Å². The third kappa shape index (κ3) is 2.98. The lowest BCUT2D eigenvalue weighted by atomic mass is 10.3. The van der Waals surface area contributed by atoms with Crippen LogP contribution in [0.4, 0.5) is 0 Å². The number of rotatable bonds is 4. The molecule has 1 unspecified atom stereocenters. The second-order valence-electron chi connectivity index (χ2n) is 2.96. The number of methoxy groups -OCH3 is 1. The number of hydrogen-bond acceptors (Lipinski definition) is 2. The number of ether oxygens (including phenoxy) is 2. The summed E-state index contributed by atoms with van der Waals surface area (Å²) in [6, 6.07) is 7.22. The van der Waals surface area contributed by atoms with Gasteiger partial charge in [0.2, 0.25) is 0 Å². The molecule has 1 rings (SSSR count). The van der Waals surface area contributed by atoms with Crippen LogP contribution in [-0.4, -0.2) is 19.8 Å². The summed E-state index contributed by atoms with van der Waals surface area (Å²) in [7, 11) is 1.62. The number of hydrogen-bond donors (Lipinski definition) is 0. The Morgan fingerprint density at radius 2 is 1.86 bits per heavy atom. The highest BCUT2D eigenvalue weighted by molar-refractivity contribution is 5.31. The van der Waals surface area contributed by atoms with Gasteiger partial charge in [-0.3, -0.25) is 0 Å². The summed E-state index contributed by atoms with van der Waals surface area (Å²) in [5.41, 5.74) is 0. The molecule has 0 radical (unpaired) electrons. The highest BCUT2D eigenvalue weighted by atomic mass is 16.5. The van der Waals surface area contributed by atoms with Gasteiger partial charge < -0.3 is 14.3 Å². The first-order chi connectivity index (χ1) is 6.76. The van der Waals surface area contributed by atoms with Crippen LogP contribution in [0.2, 0.25) is 0 Å². The van der Waals surface area contributed by atoms with Gasteiger partial charge in [-0.15, -0.1) is 0 Å². The molecule has 74 valence electrons. The molecular weight excluding hydrogens is 178 g/mol. The van der Waals surface area contributed by atoms with E-state index in [0.29, 0.717) is 6.61 Å². The van der Waals surface area contributed by atoms with Crippen LogP contribution in [0, 0.1) is 6.57 Å². The molecule has 0 saturated carbocycles. The van der Waals surface area contributed by atoms with Crippen LogP contribution < -0.4 is 9.47 Å². The molecule has 0 aliphatic carbocycles. The summed E-state index contributed by atoms with van der Waals surface area (Å²) in [4.78, 5) is 3.34. The summed E-state index contributed by atoms with van der Waals surface area (Å²) >= 11 is 0. The monoisotopic (exact) mass is 191 g/mol. The fourth-order valence-electron chi connectivity index (χ4n) is 0.926. The smallest absolute Gasteiger partial charge is 0.254 e. The normalized spacial score (nSPS) is 11.5. The van der Waals surface area contributed by atoms with E-state index in [-0.39, 0.29) is 6.04 Å². The van der Waals surface area contributed by atoms with Crippen LogP contribution >= 0.6 is 0 Å². The first-order valence-electron chi connectivity index (χ1n) is 4.39. The molecule has 1 aromatic carbocycles. The summed E-state index contributed by atoms with van der Waals surface area (Å²) < 4.78 is 10.4. The molecule has 0 N–H and O–H groups in total. The molecule has 3 nitrogen and oxygen atoms in total. The Bertz CT molecular complexity index is 313. The lowest BCUT2D eigenvalue weighted by Gasteiger charge is -2.05. The fourth-order valence-corrected chi connectivity index (χ4v) is 0.926. The Kier molecular flexibility index (Phi) is 3.81. The molecule has 3 heteroatoms. The van der Waals surface area contributed by atoms with E-state index in [0.717, 1.165) is 11.5 Å². The van der Waals surface area contributed by atoms with Crippen molar-refractivity contribution < 1.29 is 9.47 Å². The highest BCUT2D eigenvalue weighted by Crippen LogP contribution is 2.17. The molecule has 0 amide bonds. The minimum absolute atomic E-state index is 0.0999. The van der Waals surface area contributed by atoms with E-state index in [1.165, 1.54) is 0 Å². The number of benzene rings is 1. The van der Waals surface area contributed by atoms with Crippen molar-refractivity contribution in [3.63, 3.8) is 0 Å². The maximum atomic E-state index is 6.76. The second kappa shape index (κ2) is 5.13. The van der Waals surface area contributed by atoms with Gasteiger partial charge in [0.25, 0.3) is 6.04 Å². The van der Waals surface area contributed by atoms with Gasteiger partial charge >= 0.3 is 0 Å². The average Bonchev–Trinajstić information content (AvgIpc) is 2.26. The van der Waals surface area contributed by atoms with E-state index >= 15 is 0 Å². The Balaban J connectivity index is 2.48. The molecule has 1 aromatic rings. The van der Waals surface area contributed by atoms with Crippen molar-refractivity contribution in [3.05, 3.63) is 35.7 Å². The van der Waals surface area contributed by atoms with E-state index < -0.39 is 0 Å². The van der Waals surface area contributed by atoms with Gasteiger partial charge in [-0.05, 0) is 24.3 Å². The van der Waals surface area contributed by atoms with Crippen molar-refractivity contribution in [1.29, 1.82) is 0 Å². The molecule has 1 atom stereocenters. The second-order valence-corrected chi connectivity index (χ2v) is 2.96. The number of nitrogens with zero attached hydrogens (tertiary/aromatic N) is 1. The predicted molar refractivity (Wildman–Crippen MR) is 54.6 cm³/mol. The zero-order valence-electron chi connectivity index (χ0n) is 8.36. The van der Waals surface area contributed by atoms with Gasteiger partial charge in [0, 0.05) is 6.92 Å². The van der Waals surface area contributed by atoms with Crippen molar-refractivity contribution in [2.75, 3.05) is 13.7 Å². The summed E-state index contributed by atoms with van der Waals surface area (Å²) in [5, 5.41) is 0. The summed E-state index contributed by atoms with van der Waals surface area (Å²) in [5.74, 6) is 1.57. The van der Waals surface area contributed by atoms with Crippen LogP contribution in [0.1, 0.15) is 6.92 Å². The Hall–Kier alpha value is -1.69. The first kappa shape index (κ1) is 10.4. The predicted octanol–water partition coefficient (Wildman–Crippen LogP) is 2.38. The van der Waals surface area contributed by atoms with Gasteiger partial charge in [0.15, 0.2) is 6.61 Å². The molecule has 0 aromatic heterocycles. The molecule has 0 aliphatic heterocycles. The zero-order valence-corrected chi connectivity index (χ0v) is 8.36. The molecule has 0 aliphatic rings. The molecule has 14 heavy (non-hydrogen) atoms. The third-order valence-electron chi connectivity index (χ3n) is 1.77. The molecule has 0 bridgehead atoms. The van der Waals surface area contributed by atoms with Gasteiger partial charge in [0.05, 0.1) is 7.11 Å². The van der Waals surface area contributed by atoms with Crippen molar-refractivity contribution >= 4 is 0 Å². The van der Waals surface area contributed by atoms with Gasteiger partial charge in [-0.2, -0.15) is 0 Å². The minimum Gasteiger partial charge on any atom is -0.497 e. The lowest BCUT2D eigenvalue weighted by Crippen LogP contribution is -2.09. The summed E-state index contributed by atoms with van der Waals surface area (Å²) in [6.45, 7) is 9.02. The van der Waals surface area contributed by atoms with Crippen LogP contribution in [0.25, 0.3) is 4.85 Å². The van der Waals surface area contributed by atoms with E-state index in [1.54, 1.807) is 7.11 Å². The van der Waals surface area contributed by atoms with Crippen LogP contribution in [-0.2, 0) is 0 Å². The van der Waals surface area contributed by atoms with E-state index in [9.17, 15) is 0 Å². The van der Waals surface area contributed by atoms with Crippen LogP contribution in [0.15, 0.2) is 24.3 Å². The van der Waals surface area contributed by atoms with Crippen molar-refractivity contribution in [1.82, 2.24) is 0 Å². The quantitative estimate of drug-likeness (QED) is 0.682. The fraction of sp³-hybridized carbons (Fsp3) is 0.364. The maximum Gasteiger partial charge on any atom is 0.254 e. The van der Waals surface area contributed by atoms with Crippen molar-refractivity contribution in [2.24, 2.45) is 0 Å². The average molecular weight is 191 g/mol. The largest absolute Gasteiger partial charge is 0.497 e. The van der Waals surface area contributed by atoms with E-state index in [1.807, 2.05) is 31.2 Å². The van der Waals surface area contributed by atoms with Gasteiger partial charge in [0.1, 0.15) is 11.5 Å². The van der Waals surface area contributed by atoms with Gasteiger partial charge in [-0.25, -0.2) is 6.57 Å². The van der Waals surface area contributed by atoms with Crippen LogP contribution in [0.3, 0.4) is 0 Å². The minimum atomic E-state index is -0.0999. The maximum absolute atomic E-state index is 6.76. The van der Waals surface area contributed by atoms with E-state index in [4.69, 9.17) is 16.0 Å². The Labute approximate surface area is 84.1 Å². The molecule has 0 fully saturated rings. The molecule has 0 heterocycles. The SMILES string of the molecule is [C-]#[N+]C(C)COc1ccc(OC)cc1. The lowest BCUT2D eigenvalue weighted by molar-refractivity contribution is 0.309. The standard InChI is InChI=1S/C11H13NO2/c1-9(12-2)8-14-11-6-4-10(13-3)5-7-11/h4-7,9H,8H2,1,3H3. The van der Waals surface area contributed by atoms with Crippen molar-refractivity contribution in [2.45, 2.75) is 13.0 Å². The molecule has 0 spiro atoms. The van der Waals surface area contributed by atoms with Crippen LogP contribution in [0.5, 0.6) is 11.5 Å². The first-order valence-corrected chi connectivity index (χ1v) is 4.39.